The second-order valence-electron chi connectivity index (χ2n) is 7.13. The van der Waals surface area contributed by atoms with Gasteiger partial charge in [-0.2, -0.15) is 5.26 Å². The fraction of sp³-hybridized carbons (Fsp3) is 0.182. The number of hydrogen-bond donors (Lipinski definition) is 2. The van der Waals surface area contributed by atoms with Crippen molar-refractivity contribution < 1.29 is 13.2 Å². The Balaban J connectivity index is 1.94. The lowest BCUT2D eigenvalue weighted by Crippen LogP contribution is -2.10. The molecular weight excluding hydrogens is 422 g/mol. The number of nitrogens with one attached hydrogen (secondary N) is 2. The Kier molecular flexibility index (Phi) is 6.01. The van der Waals surface area contributed by atoms with Crippen LogP contribution in [0.3, 0.4) is 0 Å². The normalized spacial score (nSPS) is 12.2. The number of carbonyl (C=O) groups excluding carboxylic acids is 1. The fourth-order valence-electron chi connectivity index (χ4n) is 3.27. The number of ketones is 1. The zero-order valence-electron chi connectivity index (χ0n) is 16.7. The van der Waals surface area contributed by atoms with Gasteiger partial charge >= 0.3 is 0 Å². The van der Waals surface area contributed by atoms with E-state index in [9.17, 15) is 18.5 Å². The van der Waals surface area contributed by atoms with Crippen molar-refractivity contribution in [1.29, 1.82) is 5.26 Å². The van der Waals surface area contributed by atoms with Crippen molar-refractivity contribution >= 4 is 33.1 Å². The van der Waals surface area contributed by atoms with E-state index in [1.807, 2.05) is 19.9 Å². The molecule has 0 aliphatic rings. The molecule has 0 saturated heterocycles. The van der Waals surface area contributed by atoms with Crippen molar-refractivity contribution in [2.45, 2.75) is 19.8 Å². The van der Waals surface area contributed by atoms with Crippen molar-refractivity contribution in [2.24, 2.45) is 0 Å². The lowest BCUT2D eigenvalue weighted by Gasteiger charge is -2.14. The molecule has 0 spiro atoms. The molecule has 3 rings (SSSR count). The number of sulfonamides is 1. The molecule has 0 aliphatic carbocycles. The van der Waals surface area contributed by atoms with Gasteiger partial charge in [-0.05, 0) is 60.5 Å². The van der Waals surface area contributed by atoms with Crippen LogP contribution in [0, 0.1) is 18.3 Å². The molecule has 2 N–H and O–H groups in total. The largest absolute Gasteiger partial charge is 0.355 e. The summed E-state index contributed by atoms with van der Waals surface area (Å²) in [6, 6.07) is 15.5. The first-order valence-electron chi connectivity index (χ1n) is 9.10. The van der Waals surface area contributed by atoms with Crippen molar-refractivity contribution in [3.63, 3.8) is 0 Å². The second-order valence-corrected chi connectivity index (χ2v) is 9.31. The molecule has 2 aromatic carbocycles. The molecular formula is C22H20ClN3O3S. The van der Waals surface area contributed by atoms with E-state index in [0.717, 1.165) is 23.1 Å². The van der Waals surface area contributed by atoms with E-state index in [-0.39, 0.29) is 11.7 Å². The van der Waals surface area contributed by atoms with Crippen molar-refractivity contribution in [3.05, 3.63) is 87.2 Å². The summed E-state index contributed by atoms with van der Waals surface area (Å²) in [7, 11) is -3.44. The highest BCUT2D eigenvalue weighted by Gasteiger charge is 2.20. The van der Waals surface area contributed by atoms with Gasteiger partial charge in [-0.15, -0.1) is 0 Å². The number of rotatable bonds is 6. The van der Waals surface area contributed by atoms with Crippen molar-refractivity contribution in [3.8, 4) is 6.07 Å². The molecule has 30 heavy (non-hydrogen) atoms. The number of carbonyl (C=O) groups is 1. The minimum absolute atomic E-state index is 0.143. The van der Waals surface area contributed by atoms with Crippen LogP contribution in [-0.4, -0.2) is 25.4 Å². The molecule has 154 valence electrons. The Hall–Kier alpha value is -3.08. The SMILES string of the molecule is Cc1cc(C(C)c2ccc(NS(C)(=O)=O)cc2C#N)[nH]c1C(=O)c1ccc(Cl)cc1. The monoisotopic (exact) mass is 441 g/mol. The molecule has 0 saturated carbocycles. The lowest BCUT2D eigenvalue weighted by atomic mass is 9.93. The van der Waals surface area contributed by atoms with E-state index in [1.165, 1.54) is 6.07 Å². The zero-order chi connectivity index (χ0) is 22.1. The molecule has 0 amide bonds. The third-order valence-corrected chi connectivity index (χ3v) is 5.64. The molecule has 0 bridgehead atoms. The number of aryl methyl sites for hydroxylation is 1. The van der Waals surface area contributed by atoms with E-state index in [4.69, 9.17) is 11.6 Å². The summed E-state index contributed by atoms with van der Waals surface area (Å²) in [6.45, 7) is 3.77. The van der Waals surface area contributed by atoms with E-state index in [0.29, 0.717) is 27.5 Å². The summed E-state index contributed by atoms with van der Waals surface area (Å²) in [5.41, 5.74) is 3.99. The van der Waals surface area contributed by atoms with Crippen LogP contribution in [-0.2, 0) is 10.0 Å². The summed E-state index contributed by atoms with van der Waals surface area (Å²) >= 11 is 5.90. The summed E-state index contributed by atoms with van der Waals surface area (Å²) < 4.78 is 25.3. The topological polar surface area (TPSA) is 103 Å². The van der Waals surface area contributed by atoms with Crippen LogP contribution < -0.4 is 4.72 Å². The molecule has 3 aromatic rings. The third kappa shape index (κ3) is 4.73. The average molecular weight is 442 g/mol. The quantitative estimate of drug-likeness (QED) is 0.545. The number of hydrogen-bond acceptors (Lipinski definition) is 4. The Labute approximate surface area is 180 Å². The van der Waals surface area contributed by atoms with Gasteiger partial charge in [0.2, 0.25) is 15.8 Å². The molecule has 1 aromatic heterocycles. The third-order valence-electron chi connectivity index (χ3n) is 4.78. The summed E-state index contributed by atoms with van der Waals surface area (Å²) in [6.07, 6.45) is 1.05. The fourth-order valence-corrected chi connectivity index (χ4v) is 3.96. The van der Waals surface area contributed by atoms with Gasteiger partial charge in [0, 0.05) is 27.9 Å². The number of H-pyrrole nitrogens is 1. The van der Waals surface area contributed by atoms with Gasteiger partial charge in [-0.25, -0.2) is 8.42 Å². The molecule has 1 atom stereocenters. The van der Waals surface area contributed by atoms with Crippen molar-refractivity contribution in [2.75, 3.05) is 11.0 Å². The number of aromatic amines is 1. The van der Waals surface area contributed by atoms with E-state index < -0.39 is 10.0 Å². The molecule has 6 nitrogen and oxygen atoms in total. The van der Waals surface area contributed by atoms with Crippen LogP contribution in [0.2, 0.25) is 5.02 Å². The molecule has 8 heteroatoms. The zero-order valence-corrected chi connectivity index (χ0v) is 18.2. The van der Waals surface area contributed by atoms with Gasteiger partial charge < -0.3 is 4.98 Å². The van der Waals surface area contributed by atoms with Crippen LogP contribution >= 0.6 is 11.6 Å². The first kappa shape index (κ1) is 21.6. The Morgan fingerprint density at radius 1 is 1.17 bits per heavy atom. The summed E-state index contributed by atoms with van der Waals surface area (Å²) in [5, 5.41) is 10.1. The number of nitriles is 1. The molecule has 1 heterocycles. The Morgan fingerprint density at radius 3 is 2.43 bits per heavy atom. The number of benzene rings is 2. The Bertz CT molecular complexity index is 1260. The van der Waals surface area contributed by atoms with Gasteiger partial charge in [0.05, 0.1) is 23.6 Å². The predicted octanol–water partition coefficient (Wildman–Crippen LogP) is 4.60. The Morgan fingerprint density at radius 2 is 1.83 bits per heavy atom. The maximum atomic E-state index is 12.9. The van der Waals surface area contributed by atoms with Crippen LogP contribution in [0.1, 0.15) is 51.3 Å². The number of halogens is 1. The van der Waals surface area contributed by atoms with Crippen LogP contribution in [0.25, 0.3) is 0 Å². The molecule has 0 aliphatic heterocycles. The van der Waals surface area contributed by atoms with Crippen LogP contribution in [0.5, 0.6) is 0 Å². The minimum Gasteiger partial charge on any atom is -0.355 e. The highest BCUT2D eigenvalue weighted by atomic mass is 35.5. The molecule has 0 radical (unpaired) electrons. The van der Waals surface area contributed by atoms with E-state index >= 15 is 0 Å². The minimum atomic E-state index is -3.44. The van der Waals surface area contributed by atoms with Gasteiger partial charge in [-0.1, -0.05) is 24.6 Å². The first-order valence-corrected chi connectivity index (χ1v) is 11.4. The second kappa shape index (κ2) is 8.34. The van der Waals surface area contributed by atoms with Crippen LogP contribution in [0.4, 0.5) is 5.69 Å². The summed E-state index contributed by atoms with van der Waals surface area (Å²) in [4.78, 5) is 16.1. The first-order chi connectivity index (χ1) is 14.1. The maximum absolute atomic E-state index is 12.9. The van der Waals surface area contributed by atoms with E-state index in [2.05, 4.69) is 15.8 Å². The standard InChI is InChI=1S/C22H20ClN3O3S/c1-13-10-20(25-21(13)22(27)15-4-6-17(23)7-5-15)14(2)19-9-8-18(11-16(19)12-24)26-30(3,28)29/h4-11,14,25-26H,1-3H3. The number of anilines is 1. The average Bonchev–Trinajstić information content (AvgIpc) is 3.07. The van der Waals surface area contributed by atoms with Crippen LogP contribution in [0.15, 0.2) is 48.5 Å². The van der Waals surface area contributed by atoms with E-state index in [1.54, 1.807) is 36.4 Å². The molecule has 0 fully saturated rings. The van der Waals surface area contributed by atoms with Gasteiger partial charge in [0.1, 0.15) is 0 Å². The smallest absolute Gasteiger partial charge is 0.229 e. The number of nitrogens with zero attached hydrogens (tertiary/aromatic N) is 1. The summed E-state index contributed by atoms with van der Waals surface area (Å²) in [5.74, 6) is -0.353. The highest BCUT2D eigenvalue weighted by Crippen LogP contribution is 2.30. The van der Waals surface area contributed by atoms with Gasteiger partial charge in [0.15, 0.2) is 0 Å². The van der Waals surface area contributed by atoms with Gasteiger partial charge in [0.25, 0.3) is 0 Å². The highest BCUT2D eigenvalue weighted by molar-refractivity contribution is 7.92. The molecule has 1 unspecified atom stereocenters. The van der Waals surface area contributed by atoms with Crippen molar-refractivity contribution in [1.82, 2.24) is 4.98 Å². The maximum Gasteiger partial charge on any atom is 0.229 e. The predicted molar refractivity (Wildman–Crippen MR) is 118 cm³/mol. The lowest BCUT2D eigenvalue weighted by molar-refractivity contribution is 0.103. The van der Waals surface area contributed by atoms with Gasteiger partial charge in [-0.3, -0.25) is 9.52 Å². The number of aromatic nitrogens is 1.